The summed E-state index contributed by atoms with van der Waals surface area (Å²) in [7, 11) is 1.56. The Bertz CT molecular complexity index is 601. The lowest BCUT2D eigenvalue weighted by Crippen LogP contribution is -2.36. The van der Waals surface area contributed by atoms with Crippen molar-refractivity contribution < 1.29 is 14.6 Å². The zero-order valence-corrected chi connectivity index (χ0v) is 11.9. The number of aromatic nitrogens is 2. The average Bonchev–Trinajstić information content (AvgIpc) is 2.80. The van der Waals surface area contributed by atoms with Crippen molar-refractivity contribution in [2.45, 2.75) is 0 Å². The average molecular weight is 296 g/mol. The molecule has 0 bridgehead atoms. The van der Waals surface area contributed by atoms with Gasteiger partial charge in [-0.3, -0.25) is 4.79 Å². The molecule has 8 heteroatoms. The fraction of sp³-hybridized carbons (Fsp3) is 0.417. The van der Waals surface area contributed by atoms with E-state index in [1.165, 1.54) is 22.4 Å². The van der Waals surface area contributed by atoms with Crippen LogP contribution in [0.4, 0.5) is 5.69 Å². The van der Waals surface area contributed by atoms with Gasteiger partial charge in [-0.05, 0) is 0 Å². The minimum atomic E-state index is -0.238. The molecule has 0 atom stereocenters. The number of rotatable bonds is 6. The van der Waals surface area contributed by atoms with Crippen molar-refractivity contribution in [3.8, 4) is 0 Å². The van der Waals surface area contributed by atoms with Gasteiger partial charge in [-0.15, -0.1) is 11.3 Å². The van der Waals surface area contributed by atoms with Crippen LogP contribution in [0, 0.1) is 0 Å². The van der Waals surface area contributed by atoms with Crippen molar-refractivity contribution >= 4 is 33.3 Å². The van der Waals surface area contributed by atoms with E-state index >= 15 is 0 Å². The van der Waals surface area contributed by atoms with E-state index in [1.807, 2.05) is 0 Å². The highest BCUT2D eigenvalue weighted by molar-refractivity contribution is 7.21. The number of nitrogens with two attached hydrogens (primary N) is 1. The van der Waals surface area contributed by atoms with E-state index in [0.717, 1.165) is 0 Å². The molecular formula is C12H16N4O3S. The van der Waals surface area contributed by atoms with Crippen LogP contribution in [0.2, 0.25) is 0 Å². The van der Waals surface area contributed by atoms with Crippen LogP contribution < -0.4 is 5.73 Å². The number of amides is 1. The normalized spacial score (nSPS) is 10.9. The topological polar surface area (TPSA) is 102 Å². The van der Waals surface area contributed by atoms with Crippen molar-refractivity contribution in [1.82, 2.24) is 14.9 Å². The SMILES string of the molecule is COCCN(CCO)C(=O)c1sc2nccnc2c1N. The molecule has 0 spiro atoms. The van der Waals surface area contributed by atoms with Gasteiger partial charge in [-0.1, -0.05) is 0 Å². The Morgan fingerprint density at radius 2 is 2.20 bits per heavy atom. The van der Waals surface area contributed by atoms with Crippen LogP contribution in [-0.2, 0) is 4.74 Å². The number of anilines is 1. The predicted octanol–water partition coefficient (Wildman–Crippen LogP) is 0.354. The standard InChI is InChI=1S/C12H16N4O3S/c1-19-7-5-16(4-6-17)12(18)10-8(13)9-11(20-10)15-3-2-14-9/h2-3,17H,4-7,13H2,1H3. The molecule has 0 aliphatic carbocycles. The van der Waals surface area contributed by atoms with Gasteiger partial charge in [0.25, 0.3) is 5.91 Å². The summed E-state index contributed by atoms with van der Waals surface area (Å²) in [6, 6.07) is 0. The van der Waals surface area contributed by atoms with Gasteiger partial charge >= 0.3 is 0 Å². The van der Waals surface area contributed by atoms with E-state index in [1.54, 1.807) is 13.3 Å². The first kappa shape index (κ1) is 14.6. The van der Waals surface area contributed by atoms with Crippen LogP contribution in [0.3, 0.4) is 0 Å². The molecule has 2 heterocycles. The zero-order chi connectivity index (χ0) is 14.5. The Morgan fingerprint density at radius 3 is 2.85 bits per heavy atom. The monoisotopic (exact) mass is 296 g/mol. The summed E-state index contributed by atoms with van der Waals surface area (Å²) in [6.45, 7) is 0.908. The van der Waals surface area contributed by atoms with Crippen molar-refractivity contribution in [1.29, 1.82) is 0 Å². The highest BCUT2D eigenvalue weighted by Crippen LogP contribution is 2.31. The third kappa shape index (κ3) is 2.87. The van der Waals surface area contributed by atoms with Crippen LogP contribution in [0.5, 0.6) is 0 Å². The molecule has 0 aliphatic rings. The molecule has 1 amide bonds. The second-order valence-corrected chi connectivity index (χ2v) is 5.06. The molecule has 2 rings (SSSR count). The third-order valence-electron chi connectivity index (χ3n) is 2.78. The smallest absolute Gasteiger partial charge is 0.266 e. The number of methoxy groups -OCH3 is 1. The van der Waals surface area contributed by atoms with Gasteiger partial charge in [0.2, 0.25) is 0 Å². The van der Waals surface area contributed by atoms with E-state index < -0.39 is 0 Å². The minimum absolute atomic E-state index is 0.114. The molecule has 0 radical (unpaired) electrons. The van der Waals surface area contributed by atoms with Crippen LogP contribution in [0.1, 0.15) is 9.67 Å². The van der Waals surface area contributed by atoms with Gasteiger partial charge in [0, 0.05) is 32.6 Å². The quantitative estimate of drug-likeness (QED) is 0.798. The van der Waals surface area contributed by atoms with E-state index in [0.29, 0.717) is 34.1 Å². The molecule has 108 valence electrons. The Labute approximate surface area is 120 Å². The molecule has 0 fully saturated rings. The lowest BCUT2D eigenvalue weighted by Gasteiger charge is -2.20. The van der Waals surface area contributed by atoms with Gasteiger partial charge in [-0.2, -0.15) is 0 Å². The molecule has 0 unspecified atom stereocenters. The molecule has 0 saturated heterocycles. The third-order valence-corrected chi connectivity index (χ3v) is 3.87. The first-order valence-corrected chi connectivity index (χ1v) is 6.88. The van der Waals surface area contributed by atoms with E-state index in [-0.39, 0.29) is 19.1 Å². The summed E-state index contributed by atoms with van der Waals surface area (Å²) < 4.78 is 4.97. The number of ether oxygens (including phenoxy) is 1. The number of carbonyl (C=O) groups is 1. The lowest BCUT2D eigenvalue weighted by atomic mass is 10.3. The second kappa shape index (κ2) is 6.60. The Morgan fingerprint density at radius 1 is 1.45 bits per heavy atom. The maximum atomic E-state index is 12.5. The second-order valence-electron chi connectivity index (χ2n) is 4.06. The molecule has 2 aromatic heterocycles. The van der Waals surface area contributed by atoms with Crippen molar-refractivity contribution in [2.75, 3.05) is 39.1 Å². The molecule has 0 aliphatic heterocycles. The summed E-state index contributed by atoms with van der Waals surface area (Å²) in [6.07, 6.45) is 3.10. The minimum Gasteiger partial charge on any atom is -0.396 e. The van der Waals surface area contributed by atoms with Crippen molar-refractivity contribution in [3.05, 3.63) is 17.3 Å². The highest BCUT2D eigenvalue weighted by atomic mass is 32.1. The molecule has 3 N–H and O–H groups in total. The number of thiophene rings is 1. The number of hydrogen-bond acceptors (Lipinski definition) is 7. The Hall–Kier alpha value is -1.77. The van der Waals surface area contributed by atoms with Crippen LogP contribution in [0.25, 0.3) is 10.3 Å². The summed E-state index contributed by atoms with van der Waals surface area (Å²) >= 11 is 1.21. The summed E-state index contributed by atoms with van der Waals surface area (Å²) in [4.78, 5) is 23.3. The van der Waals surface area contributed by atoms with Crippen LogP contribution >= 0.6 is 11.3 Å². The van der Waals surface area contributed by atoms with Gasteiger partial charge in [0.15, 0.2) is 0 Å². The van der Waals surface area contributed by atoms with Crippen molar-refractivity contribution in [2.24, 2.45) is 0 Å². The fourth-order valence-corrected chi connectivity index (χ4v) is 2.77. The number of aliphatic hydroxyl groups is 1. The number of aliphatic hydroxyl groups excluding tert-OH is 1. The molecule has 20 heavy (non-hydrogen) atoms. The summed E-state index contributed by atoms with van der Waals surface area (Å²) in [5.74, 6) is -0.238. The van der Waals surface area contributed by atoms with E-state index in [4.69, 9.17) is 15.6 Å². The number of carbonyl (C=O) groups excluding carboxylic acids is 1. The maximum absolute atomic E-state index is 12.5. The fourth-order valence-electron chi connectivity index (χ4n) is 1.78. The van der Waals surface area contributed by atoms with Gasteiger partial charge in [0.05, 0.1) is 18.9 Å². The zero-order valence-electron chi connectivity index (χ0n) is 11.1. The molecule has 2 aromatic rings. The molecular weight excluding hydrogens is 280 g/mol. The van der Waals surface area contributed by atoms with Gasteiger partial charge < -0.3 is 20.5 Å². The molecule has 7 nitrogen and oxygen atoms in total. The Balaban J connectivity index is 2.30. The van der Waals surface area contributed by atoms with Gasteiger partial charge in [-0.25, -0.2) is 9.97 Å². The first-order chi connectivity index (χ1) is 9.69. The van der Waals surface area contributed by atoms with E-state index in [9.17, 15) is 4.79 Å². The number of nitrogens with zero attached hydrogens (tertiary/aromatic N) is 3. The summed E-state index contributed by atoms with van der Waals surface area (Å²) in [5.41, 5.74) is 6.84. The molecule has 0 aromatic carbocycles. The number of fused-ring (bicyclic) bond motifs is 1. The highest BCUT2D eigenvalue weighted by Gasteiger charge is 2.22. The first-order valence-electron chi connectivity index (χ1n) is 6.07. The van der Waals surface area contributed by atoms with Gasteiger partial charge in [0.1, 0.15) is 15.2 Å². The van der Waals surface area contributed by atoms with E-state index in [2.05, 4.69) is 9.97 Å². The largest absolute Gasteiger partial charge is 0.396 e. The predicted molar refractivity (Wildman–Crippen MR) is 76.7 cm³/mol. The Kier molecular flexibility index (Phi) is 4.83. The molecule has 0 saturated carbocycles. The van der Waals surface area contributed by atoms with Crippen LogP contribution in [0.15, 0.2) is 12.4 Å². The number of hydrogen-bond donors (Lipinski definition) is 2. The number of nitrogen functional groups attached to an aromatic ring is 1. The van der Waals surface area contributed by atoms with Crippen LogP contribution in [-0.4, -0.2) is 59.3 Å². The maximum Gasteiger partial charge on any atom is 0.266 e. The lowest BCUT2D eigenvalue weighted by molar-refractivity contribution is 0.0662. The summed E-state index contributed by atoms with van der Waals surface area (Å²) in [5, 5.41) is 9.05. The van der Waals surface area contributed by atoms with Crippen molar-refractivity contribution in [3.63, 3.8) is 0 Å².